The maximum Gasteiger partial charge on any atom is 0.334 e. The number of nitrogens with one attached hydrogen (secondary N) is 1. The van der Waals surface area contributed by atoms with Gasteiger partial charge in [0.2, 0.25) is 0 Å². The molecule has 7 nitrogen and oxygen atoms in total. The second-order valence-electron chi connectivity index (χ2n) is 3.35. The third kappa shape index (κ3) is 3.67. The largest absolute Gasteiger partial charge is 0.479 e. The summed E-state index contributed by atoms with van der Waals surface area (Å²) in [6.45, 7) is 2.04. The fourth-order valence-electron chi connectivity index (χ4n) is 1.33. The molecule has 0 aromatic rings. The Bertz CT molecular complexity index is 252. The minimum atomic E-state index is -1.09. The number of urea groups is 1. The lowest BCUT2D eigenvalue weighted by atomic mass is 10.3. The van der Waals surface area contributed by atoms with Gasteiger partial charge in [0.1, 0.15) is 0 Å². The summed E-state index contributed by atoms with van der Waals surface area (Å²) in [5.74, 6) is -1.09. The molecule has 2 amide bonds. The molecule has 1 fully saturated rings. The highest BCUT2D eigenvalue weighted by molar-refractivity contribution is 5.77. The van der Waals surface area contributed by atoms with Crippen LogP contribution in [0.1, 0.15) is 0 Å². The molecule has 2 N–H and O–H groups in total. The summed E-state index contributed by atoms with van der Waals surface area (Å²) >= 11 is 0. The molecule has 7 heteroatoms. The third-order valence-electron chi connectivity index (χ3n) is 2.30. The van der Waals surface area contributed by atoms with E-state index < -0.39 is 12.1 Å². The van der Waals surface area contributed by atoms with Crippen molar-refractivity contribution in [2.75, 3.05) is 40.0 Å². The Hall–Kier alpha value is -1.34. The number of hydrogen-bond donors (Lipinski definition) is 2. The van der Waals surface area contributed by atoms with Gasteiger partial charge in [0.15, 0.2) is 6.10 Å². The van der Waals surface area contributed by atoms with Crippen LogP contribution in [0.2, 0.25) is 0 Å². The molecule has 1 rings (SSSR count). The van der Waals surface area contributed by atoms with Crippen molar-refractivity contribution in [1.82, 2.24) is 10.2 Å². The molecule has 0 radical (unpaired) electrons. The standard InChI is InChI=1S/C9H16N2O5/c1-15-7(8(12)13)6-10-9(14)11-2-4-16-5-3-11/h7H,2-6H2,1H3,(H,10,14)(H,12,13). The smallest absolute Gasteiger partial charge is 0.334 e. The molecule has 1 saturated heterocycles. The summed E-state index contributed by atoms with van der Waals surface area (Å²) in [7, 11) is 1.29. The van der Waals surface area contributed by atoms with Gasteiger partial charge in [-0.05, 0) is 0 Å². The maximum absolute atomic E-state index is 11.6. The van der Waals surface area contributed by atoms with Crippen molar-refractivity contribution >= 4 is 12.0 Å². The van der Waals surface area contributed by atoms with E-state index >= 15 is 0 Å². The molecule has 0 aromatic heterocycles. The van der Waals surface area contributed by atoms with Gasteiger partial charge in [-0.15, -0.1) is 0 Å². The molecular formula is C9H16N2O5. The van der Waals surface area contributed by atoms with Gasteiger partial charge in [0, 0.05) is 20.2 Å². The van der Waals surface area contributed by atoms with Gasteiger partial charge in [0.25, 0.3) is 0 Å². The van der Waals surface area contributed by atoms with E-state index in [0.717, 1.165) is 0 Å². The molecule has 0 spiro atoms. The molecule has 1 unspecified atom stereocenters. The number of methoxy groups -OCH3 is 1. The highest BCUT2D eigenvalue weighted by atomic mass is 16.5. The van der Waals surface area contributed by atoms with Gasteiger partial charge >= 0.3 is 12.0 Å². The van der Waals surface area contributed by atoms with Crippen molar-refractivity contribution < 1.29 is 24.2 Å². The van der Waals surface area contributed by atoms with Crippen molar-refractivity contribution in [2.45, 2.75) is 6.10 Å². The molecule has 1 heterocycles. The number of carbonyl (C=O) groups is 2. The lowest BCUT2D eigenvalue weighted by Crippen LogP contribution is -2.48. The predicted octanol–water partition coefficient (Wildman–Crippen LogP) is -0.872. The lowest BCUT2D eigenvalue weighted by molar-refractivity contribution is -0.148. The minimum Gasteiger partial charge on any atom is -0.479 e. The van der Waals surface area contributed by atoms with Crippen LogP contribution in [0.4, 0.5) is 4.79 Å². The zero-order chi connectivity index (χ0) is 12.0. The van der Waals surface area contributed by atoms with Crippen molar-refractivity contribution in [1.29, 1.82) is 0 Å². The van der Waals surface area contributed by atoms with E-state index in [1.165, 1.54) is 7.11 Å². The fraction of sp³-hybridized carbons (Fsp3) is 0.778. The van der Waals surface area contributed by atoms with Gasteiger partial charge in [-0.1, -0.05) is 0 Å². The van der Waals surface area contributed by atoms with Crippen LogP contribution in [-0.2, 0) is 14.3 Å². The molecule has 1 atom stereocenters. The first-order valence-electron chi connectivity index (χ1n) is 5.01. The molecule has 0 saturated carbocycles. The van der Waals surface area contributed by atoms with E-state index in [1.807, 2.05) is 0 Å². The van der Waals surface area contributed by atoms with Crippen molar-refractivity contribution in [3.8, 4) is 0 Å². The van der Waals surface area contributed by atoms with Gasteiger partial charge in [-0.3, -0.25) is 0 Å². The van der Waals surface area contributed by atoms with E-state index in [2.05, 4.69) is 5.32 Å². The van der Waals surface area contributed by atoms with E-state index in [1.54, 1.807) is 4.90 Å². The van der Waals surface area contributed by atoms with E-state index in [4.69, 9.17) is 14.6 Å². The Morgan fingerprint density at radius 3 is 2.62 bits per heavy atom. The Morgan fingerprint density at radius 1 is 1.50 bits per heavy atom. The molecule has 0 bridgehead atoms. The van der Waals surface area contributed by atoms with Crippen LogP contribution >= 0.6 is 0 Å². The normalized spacial score (nSPS) is 17.9. The Kier molecular flexibility index (Phi) is 5.00. The van der Waals surface area contributed by atoms with Gasteiger partial charge in [-0.25, -0.2) is 9.59 Å². The Labute approximate surface area is 93.3 Å². The van der Waals surface area contributed by atoms with E-state index in [-0.39, 0.29) is 12.6 Å². The number of amides is 2. The van der Waals surface area contributed by atoms with Crippen molar-refractivity contribution in [3.05, 3.63) is 0 Å². The molecular weight excluding hydrogens is 216 g/mol. The Morgan fingerprint density at radius 2 is 2.12 bits per heavy atom. The zero-order valence-electron chi connectivity index (χ0n) is 9.14. The summed E-state index contributed by atoms with van der Waals surface area (Å²) in [6.07, 6.45) is -1.01. The predicted molar refractivity (Wildman–Crippen MR) is 54.2 cm³/mol. The van der Waals surface area contributed by atoms with Crippen LogP contribution < -0.4 is 5.32 Å². The minimum absolute atomic E-state index is 0.0397. The molecule has 1 aliphatic rings. The number of rotatable bonds is 4. The summed E-state index contributed by atoms with van der Waals surface area (Å²) in [5.41, 5.74) is 0. The van der Waals surface area contributed by atoms with Crippen LogP contribution in [0, 0.1) is 0 Å². The SMILES string of the molecule is COC(CNC(=O)N1CCOCC1)C(=O)O. The number of morpholine rings is 1. The van der Waals surface area contributed by atoms with Crippen molar-refractivity contribution in [3.63, 3.8) is 0 Å². The van der Waals surface area contributed by atoms with Crippen LogP contribution in [-0.4, -0.2) is 68.1 Å². The summed E-state index contributed by atoms with van der Waals surface area (Å²) < 4.78 is 9.79. The first-order valence-corrected chi connectivity index (χ1v) is 5.01. The fourth-order valence-corrected chi connectivity index (χ4v) is 1.33. The summed E-state index contributed by atoms with van der Waals surface area (Å²) in [5, 5.41) is 11.2. The average Bonchev–Trinajstić information content (AvgIpc) is 2.30. The van der Waals surface area contributed by atoms with Crippen molar-refractivity contribution in [2.24, 2.45) is 0 Å². The lowest BCUT2D eigenvalue weighted by Gasteiger charge is -2.27. The maximum atomic E-state index is 11.6. The number of hydrogen-bond acceptors (Lipinski definition) is 4. The monoisotopic (exact) mass is 232 g/mol. The van der Waals surface area contributed by atoms with E-state index in [9.17, 15) is 9.59 Å². The Balaban J connectivity index is 2.30. The average molecular weight is 232 g/mol. The second kappa shape index (κ2) is 6.29. The first-order chi connectivity index (χ1) is 7.65. The molecule has 16 heavy (non-hydrogen) atoms. The zero-order valence-corrected chi connectivity index (χ0v) is 9.14. The number of carbonyl (C=O) groups excluding carboxylic acids is 1. The number of aliphatic carboxylic acids is 1. The topological polar surface area (TPSA) is 88.1 Å². The molecule has 92 valence electrons. The van der Waals surface area contributed by atoms with Crippen LogP contribution in [0.25, 0.3) is 0 Å². The van der Waals surface area contributed by atoms with Crippen LogP contribution in [0.5, 0.6) is 0 Å². The van der Waals surface area contributed by atoms with Gasteiger partial charge < -0.3 is 24.8 Å². The number of carboxylic acid groups (broad SMARTS) is 1. The van der Waals surface area contributed by atoms with E-state index in [0.29, 0.717) is 26.3 Å². The van der Waals surface area contributed by atoms with Crippen LogP contribution in [0.3, 0.4) is 0 Å². The highest BCUT2D eigenvalue weighted by Gasteiger charge is 2.20. The molecule has 1 aliphatic heterocycles. The third-order valence-corrected chi connectivity index (χ3v) is 2.30. The summed E-state index contributed by atoms with van der Waals surface area (Å²) in [4.78, 5) is 23.7. The van der Waals surface area contributed by atoms with Gasteiger partial charge in [-0.2, -0.15) is 0 Å². The number of nitrogens with zero attached hydrogens (tertiary/aromatic N) is 1. The van der Waals surface area contributed by atoms with Gasteiger partial charge in [0.05, 0.1) is 19.8 Å². The first kappa shape index (κ1) is 12.7. The number of carboxylic acids is 1. The number of ether oxygens (including phenoxy) is 2. The quantitative estimate of drug-likeness (QED) is 0.657. The second-order valence-corrected chi connectivity index (χ2v) is 3.35. The molecule has 0 aromatic carbocycles. The highest BCUT2D eigenvalue weighted by Crippen LogP contribution is 1.97. The van der Waals surface area contributed by atoms with Crippen LogP contribution in [0.15, 0.2) is 0 Å². The summed E-state index contributed by atoms with van der Waals surface area (Å²) in [6, 6.07) is -0.286. The molecule has 0 aliphatic carbocycles.